The van der Waals surface area contributed by atoms with Gasteiger partial charge in [0.05, 0.1) is 5.60 Å². The SMILES string of the molecule is CC(C)(C)OC(=O)N1CC2CC(O)(c3cccc4ccccc34)CC2C1. The van der Waals surface area contributed by atoms with Crippen molar-refractivity contribution < 1.29 is 14.6 Å². The molecular formula is C22H27NO3. The van der Waals surface area contributed by atoms with Crippen LogP contribution in [0.15, 0.2) is 42.5 Å². The third-order valence-electron chi connectivity index (χ3n) is 5.72. The molecule has 0 bridgehead atoms. The van der Waals surface area contributed by atoms with Crippen LogP contribution in [-0.4, -0.2) is 34.8 Å². The maximum atomic E-state index is 12.3. The molecular weight excluding hydrogens is 326 g/mol. The number of hydrogen-bond acceptors (Lipinski definition) is 3. The quantitative estimate of drug-likeness (QED) is 0.831. The van der Waals surface area contributed by atoms with E-state index in [-0.39, 0.29) is 6.09 Å². The number of likely N-dealkylation sites (tertiary alicyclic amines) is 1. The van der Waals surface area contributed by atoms with Crippen molar-refractivity contribution in [1.82, 2.24) is 4.90 Å². The summed E-state index contributed by atoms with van der Waals surface area (Å²) >= 11 is 0. The van der Waals surface area contributed by atoms with Gasteiger partial charge in [-0.1, -0.05) is 42.5 Å². The highest BCUT2D eigenvalue weighted by Gasteiger charge is 2.50. The number of carbonyl (C=O) groups excluding carboxylic acids is 1. The van der Waals surface area contributed by atoms with Gasteiger partial charge in [-0.05, 0) is 61.8 Å². The predicted octanol–water partition coefficient (Wildman–Crippen LogP) is 4.30. The van der Waals surface area contributed by atoms with Crippen molar-refractivity contribution >= 4 is 16.9 Å². The molecule has 0 aromatic heterocycles. The zero-order valence-corrected chi connectivity index (χ0v) is 15.7. The molecule has 2 aromatic carbocycles. The summed E-state index contributed by atoms with van der Waals surface area (Å²) in [5.41, 5.74) is -0.261. The molecule has 1 aliphatic heterocycles. The number of amides is 1. The van der Waals surface area contributed by atoms with Gasteiger partial charge < -0.3 is 14.7 Å². The van der Waals surface area contributed by atoms with Crippen LogP contribution in [-0.2, 0) is 10.3 Å². The highest BCUT2D eigenvalue weighted by Crippen LogP contribution is 2.50. The molecule has 1 aliphatic carbocycles. The first-order valence-corrected chi connectivity index (χ1v) is 9.44. The number of hydrogen-bond donors (Lipinski definition) is 1. The van der Waals surface area contributed by atoms with E-state index in [4.69, 9.17) is 4.74 Å². The Labute approximate surface area is 154 Å². The summed E-state index contributed by atoms with van der Waals surface area (Å²) in [6.07, 6.45) is 1.16. The number of nitrogens with zero attached hydrogens (tertiary/aromatic N) is 1. The lowest BCUT2D eigenvalue weighted by Crippen LogP contribution is -2.37. The predicted molar refractivity (Wildman–Crippen MR) is 102 cm³/mol. The van der Waals surface area contributed by atoms with E-state index in [1.807, 2.05) is 43.9 Å². The van der Waals surface area contributed by atoms with E-state index in [0.717, 1.165) is 16.3 Å². The van der Waals surface area contributed by atoms with Crippen LogP contribution in [0.3, 0.4) is 0 Å². The molecule has 1 heterocycles. The fraction of sp³-hybridized carbons (Fsp3) is 0.500. The molecule has 1 saturated heterocycles. The molecule has 2 aliphatic rings. The van der Waals surface area contributed by atoms with Crippen LogP contribution >= 0.6 is 0 Å². The molecule has 4 heteroatoms. The number of rotatable bonds is 1. The van der Waals surface area contributed by atoms with Crippen LogP contribution in [0.1, 0.15) is 39.2 Å². The Morgan fingerprint density at radius 3 is 2.35 bits per heavy atom. The second-order valence-corrected chi connectivity index (χ2v) is 8.87. The van der Waals surface area contributed by atoms with Crippen LogP contribution in [0.2, 0.25) is 0 Å². The summed E-state index contributed by atoms with van der Waals surface area (Å²) in [6, 6.07) is 14.4. The van der Waals surface area contributed by atoms with Gasteiger partial charge in [-0.3, -0.25) is 0 Å². The summed E-state index contributed by atoms with van der Waals surface area (Å²) in [5.74, 6) is 0.651. The van der Waals surface area contributed by atoms with E-state index >= 15 is 0 Å². The van der Waals surface area contributed by atoms with E-state index in [0.29, 0.717) is 37.8 Å². The van der Waals surface area contributed by atoms with Gasteiger partial charge in [-0.25, -0.2) is 4.79 Å². The molecule has 4 nitrogen and oxygen atoms in total. The van der Waals surface area contributed by atoms with E-state index in [9.17, 15) is 9.90 Å². The minimum Gasteiger partial charge on any atom is -0.444 e. The van der Waals surface area contributed by atoms with Gasteiger partial charge in [-0.2, -0.15) is 0 Å². The lowest BCUT2D eigenvalue weighted by atomic mass is 9.87. The van der Waals surface area contributed by atoms with Crippen molar-refractivity contribution in [1.29, 1.82) is 0 Å². The summed E-state index contributed by atoms with van der Waals surface area (Å²) in [4.78, 5) is 14.1. The van der Waals surface area contributed by atoms with Gasteiger partial charge in [-0.15, -0.1) is 0 Å². The monoisotopic (exact) mass is 353 g/mol. The van der Waals surface area contributed by atoms with Crippen molar-refractivity contribution in [3.63, 3.8) is 0 Å². The average Bonchev–Trinajstić information content (AvgIpc) is 3.08. The number of carbonyl (C=O) groups is 1. The lowest BCUT2D eigenvalue weighted by Gasteiger charge is -2.29. The summed E-state index contributed by atoms with van der Waals surface area (Å²) in [7, 11) is 0. The zero-order chi connectivity index (χ0) is 18.5. The minimum absolute atomic E-state index is 0.236. The minimum atomic E-state index is -0.809. The first kappa shape index (κ1) is 17.3. The third kappa shape index (κ3) is 3.07. The van der Waals surface area contributed by atoms with Crippen molar-refractivity contribution in [2.75, 3.05) is 13.1 Å². The van der Waals surface area contributed by atoms with E-state index in [1.54, 1.807) is 0 Å². The standard InChI is InChI=1S/C22H27NO3/c1-21(2,3)26-20(24)23-13-16-11-22(25,12-17(16)14-23)19-10-6-8-15-7-4-5-9-18(15)19/h4-10,16-17,25H,11-14H2,1-3H3. The fourth-order valence-corrected chi connectivity index (χ4v) is 4.68. The van der Waals surface area contributed by atoms with E-state index in [1.165, 1.54) is 0 Å². The van der Waals surface area contributed by atoms with Gasteiger partial charge in [0.1, 0.15) is 5.60 Å². The molecule has 1 amide bonds. The van der Waals surface area contributed by atoms with Crippen molar-refractivity contribution in [2.24, 2.45) is 11.8 Å². The van der Waals surface area contributed by atoms with Crippen LogP contribution < -0.4 is 0 Å². The van der Waals surface area contributed by atoms with Crippen molar-refractivity contribution in [2.45, 2.75) is 44.8 Å². The summed E-state index contributed by atoms with van der Waals surface area (Å²) in [5, 5.41) is 13.7. The highest BCUT2D eigenvalue weighted by molar-refractivity contribution is 5.86. The van der Waals surface area contributed by atoms with Gasteiger partial charge >= 0.3 is 6.09 Å². The molecule has 2 aromatic rings. The number of ether oxygens (including phenoxy) is 1. The Kier molecular flexibility index (Phi) is 3.99. The van der Waals surface area contributed by atoms with Crippen LogP contribution in [0.4, 0.5) is 4.79 Å². The Bertz CT molecular complexity index is 819. The maximum absolute atomic E-state index is 12.3. The first-order chi connectivity index (χ1) is 12.3. The second kappa shape index (κ2) is 5.98. The van der Waals surface area contributed by atoms with Gasteiger partial charge in [0.25, 0.3) is 0 Å². The van der Waals surface area contributed by atoms with E-state index < -0.39 is 11.2 Å². The summed E-state index contributed by atoms with van der Waals surface area (Å²) < 4.78 is 5.51. The highest BCUT2D eigenvalue weighted by atomic mass is 16.6. The Morgan fingerprint density at radius 1 is 1.08 bits per heavy atom. The van der Waals surface area contributed by atoms with Gasteiger partial charge in [0.15, 0.2) is 0 Å². The number of fused-ring (bicyclic) bond motifs is 2. The first-order valence-electron chi connectivity index (χ1n) is 9.44. The Hall–Kier alpha value is -2.07. The Morgan fingerprint density at radius 2 is 1.69 bits per heavy atom. The maximum Gasteiger partial charge on any atom is 0.410 e. The molecule has 2 unspecified atom stereocenters. The Balaban J connectivity index is 1.53. The normalized spacial score (nSPS) is 28.4. The van der Waals surface area contributed by atoms with Gasteiger partial charge in [0.2, 0.25) is 0 Å². The molecule has 138 valence electrons. The molecule has 2 fully saturated rings. The zero-order valence-electron chi connectivity index (χ0n) is 15.7. The number of aliphatic hydroxyl groups is 1. The molecule has 0 spiro atoms. The molecule has 2 atom stereocenters. The van der Waals surface area contributed by atoms with Crippen molar-refractivity contribution in [3.05, 3.63) is 48.0 Å². The summed E-state index contributed by atoms with van der Waals surface area (Å²) in [6.45, 7) is 7.02. The lowest BCUT2D eigenvalue weighted by molar-refractivity contribution is 0.0161. The third-order valence-corrected chi connectivity index (χ3v) is 5.72. The molecule has 0 radical (unpaired) electrons. The largest absolute Gasteiger partial charge is 0.444 e. The number of benzene rings is 2. The second-order valence-electron chi connectivity index (χ2n) is 8.87. The molecule has 1 saturated carbocycles. The molecule has 1 N–H and O–H groups in total. The van der Waals surface area contributed by atoms with Crippen molar-refractivity contribution in [3.8, 4) is 0 Å². The van der Waals surface area contributed by atoms with Gasteiger partial charge in [0, 0.05) is 13.1 Å². The fourth-order valence-electron chi connectivity index (χ4n) is 4.68. The smallest absolute Gasteiger partial charge is 0.410 e. The average molecular weight is 353 g/mol. The molecule has 4 rings (SSSR count). The topological polar surface area (TPSA) is 49.8 Å². The van der Waals surface area contributed by atoms with Crippen LogP contribution in [0.5, 0.6) is 0 Å². The van der Waals surface area contributed by atoms with Crippen LogP contribution in [0, 0.1) is 11.8 Å². The molecule has 26 heavy (non-hydrogen) atoms. The van der Waals surface area contributed by atoms with E-state index in [2.05, 4.69) is 24.3 Å². The van der Waals surface area contributed by atoms with Crippen LogP contribution in [0.25, 0.3) is 10.8 Å².